The molecule has 0 saturated heterocycles. The van der Waals surface area contributed by atoms with E-state index in [0.29, 0.717) is 18.1 Å². The monoisotopic (exact) mass is 253 g/mol. The second-order valence-corrected chi connectivity index (χ2v) is 6.36. The number of hydrogen-bond donors (Lipinski definition) is 3. The van der Waals surface area contributed by atoms with Crippen LogP contribution in [0.1, 0.15) is 64.2 Å². The summed E-state index contributed by atoms with van der Waals surface area (Å²) in [7, 11) is 0. The van der Waals surface area contributed by atoms with E-state index in [1.807, 2.05) is 0 Å². The molecule has 0 aromatic heterocycles. The number of nitrogens with one attached hydrogen (secondary N) is 1. The third-order valence-corrected chi connectivity index (χ3v) is 4.95. The first-order valence-electron chi connectivity index (χ1n) is 8.02. The molecule has 0 radical (unpaired) electrons. The van der Waals surface area contributed by atoms with Crippen molar-refractivity contribution in [2.45, 2.75) is 82.3 Å². The molecule has 0 bridgehead atoms. The largest absolute Gasteiger partial charge is 0.327 e. The van der Waals surface area contributed by atoms with E-state index in [4.69, 9.17) is 11.5 Å². The molecule has 2 saturated carbocycles. The summed E-state index contributed by atoms with van der Waals surface area (Å²) in [5, 5.41) is 3.66. The van der Waals surface area contributed by atoms with Crippen molar-refractivity contribution >= 4 is 0 Å². The molecule has 18 heavy (non-hydrogen) atoms. The van der Waals surface area contributed by atoms with E-state index in [-0.39, 0.29) is 0 Å². The van der Waals surface area contributed by atoms with Crippen molar-refractivity contribution in [1.29, 1.82) is 0 Å². The molecular formula is C15H31N3. The molecule has 2 aliphatic carbocycles. The van der Waals surface area contributed by atoms with E-state index in [0.717, 1.165) is 12.5 Å². The van der Waals surface area contributed by atoms with Crippen LogP contribution in [-0.4, -0.2) is 24.7 Å². The summed E-state index contributed by atoms with van der Waals surface area (Å²) in [6.45, 7) is 1.13. The fourth-order valence-electron chi connectivity index (χ4n) is 3.66. The molecule has 2 rings (SSSR count). The molecule has 5 N–H and O–H groups in total. The van der Waals surface area contributed by atoms with Gasteiger partial charge in [0.05, 0.1) is 0 Å². The van der Waals surface area contributed by atoms with E-state index in [1.54, 1.807) is 0 Å². The Kier molecular flexibility index (Phi) is 5.93. The molecule has 106 valence electrons. The summed E-state index contributed by atoms with van der Waals surface area (Å²) in [6.07, 6.45) is 13.0. The second kappa shape index (κ2) is 7.46. The van der Waals surface area contributed by atoms with Gasteiger partial charge in [-0.25, -0.2) is 0 Å². The standard InChI is InChI=1S/C15H31N3/c16-13-8-2-1-6-12(13)7-5-11-18-15-10-4-3-9-14(15)17/h12-15,18H,1-11,16-17H2/t12-,13-,14-,15+/m1/s1. The van der Waals surface area contributed by atoms with Gasteiger partial charge in [-0.1, -0.05) is 25.7 Å². The van der Waals surface area contributed by atoms with Gasteiger partial charge in [-0.3, -0.25) is 0 Å². The van der Waals surface area contributed by atoms with Crippen LogP contribution in [0.5, 0.6) is 0 Å². The van der Waals surface area contributed by atoms with Gasteiger partial charge in [0.1, 0.15) is 0 Å². The predicted molar refractivity (Wildman–Crippen MR) is 77.4 cm³/mol. The Balaban J connectivity index is 1.57. The maximum absolute atomic E-state index is 6.19. The van der Waals surface area contributed by atoms with Crippen molar-refractivity contribution in [1.82, 2.24) is 5.32 Å². The van der Waals surface area contributed by atoms with Crippen molar-refractivity contribution in [3.05, 3.63) is 0 Å². The van der Waals surface area contributed by atoms with Crippen LogP contribution in [0.25, 0.3) is 0 Å². The van der Waals surface area contributed by atoms with Gasteiger partial charge in [0.15, 0.2) is 0 Å². The van der Waals surface area contributed by atoms with Gasteiger partial charge in [0, 0.05) is 18.1 Å². The minimum absolute atomic E-state index is 0.385. The van der Waals surface area contributed by atoms with Crippen LogP contribution >= 0.6 is 0 Å². The molecule has 0 aliphatic heterocycles. The molecule has 4 atom stereocenters. The molecule has 0 amide bonds. The van der Waals surface area contributed by atoms with Gasteiger partial charge in [-0.15, -0.1) is 0 Å². The van der Waals surface area contributed by atoms with E-state index in [9.17, 15) is 0 Å². The van der Waals surface area contributed by atoms with Crippen LogP contribution in [0, 0.1) is 5.92 Å². The molecule has 0 aromatic carbocycles. The van der Waals surface area contributed by atoms with Crippen LogP contribution < -0.4 is 16.8 Å². The van der Waals surface area contributed by atoms with Gasteiger partial charge in [-0.05, 0) is 51.0 Å². The average molecular weight is 253 g/mol. The minimum atomic E-state index is 0.385. The third-order valence-electron chi connectivity index (χ3n) is 4.95. The van der Waals surface area contributed by atoms with Gasteiger partial charge >= 0.3 is 0 Å². The lowest BCUT2D eigenvalue weighted by atomic mass is 9.82. The SMILES string of the molecule is N[C@@H]1CCCC[C@@H]1CCCN[C@H]1CCCC[C@H]1N. The quantitative estimate of drug-likeness (QED) is 0.658. The molecule has 3 nitrogen and oxygen atoms in total. The van der Waals surface area contributed by atoms with Crippen LogP contribution in [0.3, 0.4) is 0 Å². The Morgan fingerprint density at radius 3 is 2.22 bits per heavy atom. The van der Waals surface area contributed by atoms with Crippen molar-refractivity contribution in [2.24, 2.45) is 17.4 Å². The van der Waals surface area contributed by atoms with Crippen LogP contribution in [-0.2, 0) is 0 Å². The Morgan fingerprint density at radius 1 is 0.833 bits per heavy atom. The zero-order valence-electron chi connectivity index (χ0n) is 11.7. The highest BCUT2D eigenvalue weighted by molar-refractivity contribution is 4.84. The molecular weight excluding hydrogens is 222 g/mol. The van der Waals surface area contributed by atoms with Gasteiger partial charge in [-0.2, -0.15) is 0 Å². The molecule has 0 spiro atoms. The number of rotatable bonds is 5. The summed E-state index contributed by atoms with van der Waals surface area (Å²) in [5.41, 5.74) is 12.3. The van der Waals surface area contributed by atoms with Crippen LogP contribution in [0.4, 0.5) is 0 Å². The highest BCUT2D eigenvalue weighted by Gasteiger charge is 2.22. The molecule has 0 heterocycles. The second-order valence-electron chi connectivity index (χ2n) is 6.36. The first-order chi connectivity index (χ1) is 8.77. The summed E-state index contributed by atoms with van der Waals surface area (Å²) in [5.74, 6) is 0.778. The Bertz CT molecular complexity index is 208. The average Bonchev–Trinajstić information content (AvgIpc) is 2.38. The Labute approximate surface area is 112 Å². The predicted octanol–water partition coefficient (Wildman–Crippen LogP) is 2.14. The van der Waals surface area contributed by atoms with E-state index < -0.39 is 0 Å². The van der Waals surface area contributed by atoms with Gasteiger partial charge in [0.2, 0.25) is 0 Å². The van der Waals surface area contributed by atoms with Crippen LogP contribution in [0.15, 0.2) is 0 Å². The van der Waals surface area contributed by atoms with Gasteiger partial charge < -0.3 is 16.8 Å². The number of hydrogen-bond acceptors (Lipinski definition) is 3. The van der Waals surface area contributed by atoms with Crippen molar-refractivity contribution in [2.75, 3.05) is 6.54 Å². The smallest absolute Gasteiger partial charge is 0.0219 e. The van der Waals surface area contributed by atoms with Crippen molar-refractivity contribution in [3.8, 4) is 0 Å². The Hall–Kier alpha value is -0.120. The first kappa shape index (κ1) is 14.3. The zero-order chi connectivity index (χ0) is 12.8. The van der Waals surface area contributed by atoms with E-state index >= 15 is 0 Å². The van der Waals surface area contributed by atoms with Gasteiger partial charge in [0.25, 0.3) is 0 Å². The summed E-state index contributed by atoms with van der Waals surface area (Å²) >= 11 is 0. The lowest BCUT2D eigenvalue weighted by molar-refractivity contribution is 0.277. The summed E-state index contributed by atoms with van der Waals surface area (Å²) in [6, 6.07) is 1.42. The molecule has 3 heteroatoms. The highest BCUT2D eigenvalue weighted by atomic mass is 15.0. The number of nitrogens with two attached hydrogens (primary N) is 2. The minimum Gasteiger partial charge on any atom is -0.327 e. The molecule has 2 fully saturated rings. The zero-order valence-corrected chi connectivity index (χ0v) is 11.7. The van der Waals surface area contributed by atoms with Crippen molar-refractivity contribution < 1.29 is 0 Å². The van der Waals surface area contributed by atoms with Crippen molar-refractivity contribution in [3.63, 3.8) is 0 Å². The molecule has 2 aliphatic rings. The maximum atomic E-state index is 6.19. The lowest BCUT2D eigenvalue weighted by Crippen LogP contribution is -2.47. The Morgan fingerprint density at radius 2 is 1.50 bits per heavy atom. The summed E-state index contributed by atoms with van der Waals surface area (Å²) < 4.78 is 0. The lowest BCUT2D eigenvalue weighted by Gasteiger charge is -2.31. The fraction of sp³-hybridized carbons (Fsp3) is 1.00. The molecule has 0 unspecified atom stereocenters. The third kappa shape index (κ3) is 4.22. The molecule has 0 aromatic rings. The normalized spacial score (nSPS) is 37.7. The topological polar surface area (TPSA) is 64.1 Å². The van der Waals surface area contributed by atoms with E-state index in [2.05, 4.69) is 5.32 Å². The fourth-order valence-corrected chi connectivity index (χ4v) is 3.66. The first-order valence-corrected chi connectivity index (χ1v) is 8.02. The highest BCUT2D eigenvalue weighted by Crippen LogP contribution is 2.26. The van der Waals surface area contributed by atoms with E-state index in [1.165, 1.54) is 64.2 Å². The maximum Gasteiger partial charge on any atom is 0.0219 e. The van der Waals surface area contributed by atoms with Crippen LogP contribution in [0.2, 0.25) is 0 Å². The summed E-state index contributed by atoms with van der Waals surface area (Å²) in [4.78, 5) is 0.